The van der Waals surface area contributed by atoms with E-state index in [0.717, 1.165) is 16.6 Å². The van der Waals surface area contributed by atoms with Crippen LogP contribution in [0.2, 0.25) is 0 Å². The fraction of sp³-hybridized carbons (Fsp3) is 0.333. The van der Waals surface area contributed by atoms with E-state index in [2.05, 4.69) is 9.97 Å². The summed E-state index contributed by atoms with van der Waals surface area (Å²) in [7, 11) is 0. The van der Waals surface area contributed by atoms with E-state index in [9.17, 15) is 4.79 Å². The molecular weight excluding hydrogens is 218 g/mol. The van der Waals surface area contributed by atoms with Crippen LogP contribution in [0.25, 0.3) is 11.0 Å². The number of nitrogens with one attached hydrogen (secondary N) is 1. The van der Waals surface area contributed by atoms with Crippen molar-refractivity contribution in [3.63, 3.8) is 0 Å². The molecule has 1 aromatic heterocycles. The topological polar surface area (TPSA) is 92.0 Å². The number of benzene rings is 1. The third-order valence-electron chi connectivity index (χ3n) is 3.21. The summed E-state index contributed by atoms with van der Waals surface area (Å²) < 4.78 is 0. The summed E-state index contributed by atoms with van der Waals surface area (Å²) in [5.74, 6) is -1.00. The number of nitrogens with zero attached hydrogens (tertiary/aromatic N) is 1. The van der Waals surface area contributed by atoms with E-state index in [-0.39, 0.29) is 0 Å². The third kappa shape index (κ3) is 1.89. The maximum atomic E-state index is 11.0. The van der Waals surface area contributed by atoms with Gasteiger partial charge in [0, 0.05) is 5.41 Å². The van der Waals surface area contributed by atoms with Gasteiger partial charge >= 0.3 is 5.97 Å². The van der Waals surface area contributed by atoms with Crippen molar-refractivity contribution in [2.75, 3.05) is 0 Å². The van der Waals surface area contributed by atoms with Crippen LogP contribution < -0.4 is 5.73 Å². The van der Waals surface area contributed by atoms with Gasteiger partial charge in [-0.05, 0) is 17.7 Å². The molecule has 0 saturated heterocycles. The van der Waals surface area contributed by atoms with Gasteiger partial charge in [-0.2, -0.15) is 0 Å². The van der Waals surface area contributed by atoms with Crippen molar-refractivity contribution < 1.29 is 9.90 Å². The molecule has 1 atom stereocenters. The van der Waals surface area contributed by atoms with Crippen LogP contribution in [0.15, 0.2) is 24.5 Å². The molecule has 1 unspecified atom stereocenters. The molecule has 1 aromatic carbocycles. The van der Waals surface area contributed by atoms with Gasteiger partial charge in [0.1, 0.15) is 6.04 Å². The molecule has 0 fully saturated rings. The number of imidazole rings is 1. The lowest BCUT2D eigenvalue weighted by Crippen LogP contribution is -2.46. The monoisotopic (exact) mass is 233 g/mol. The highest BCUT2D eigenvalue weighted by molar-refractivity contribution is 5.78. The van der Waals surface area contributed by atoms with Gasteiger partial charge in [0.2, 0.25) is 0 Å². The minimum atomic E-state index is -1.00. The summed E-state index contributed by atoms with van der Waals surface area (Å²) in [5, 5.41) is 9.01. The lowest BCUT2D eigenvalue weighted by atomic mass is 9.78. The summed E-state index contributed by atoms with van der Waals surface area (Å²) in [6.45, 7) is 3.65. The first-order valence-electron chi connectivity index (χ1n) is 5.35. The molecule has 17 heavy (non-hydrogen) atoms. The number of carbonyl (C=O) groups is 1. The molecule has 5 heteroatoms. The molecule has 0 saturated carbocycles. The van der Waals surface area contributed by atoms with Crippen molar-refractivity contribution in [3.8, 4) is 0 Å². The number of rotatable bonds is 3. The van der Waals surface area contributed by atoms with Crippen molar-refractivity contribution in [2.45, 2.75) is 25.3 Å². The normalized spacial score (nSPS) is 13.8. The first-order valence-corrected chi connectivity index (χ1v) is 5.35. The van der Waals surface area contributed by atoms with Crippen molar-refractivity contribution in [1.29, 1.82) is 0 Å². The Morgan fingerprint density at radius 3 is 2.88 bits per heavy atom. The Labute approximate surface area is 98.7 Å². The standard InChI is InChI=1S/C12H15N3O2/c1-12(2,10(13)11(16)17)7-3-4-8-9(5-7)15-6-14-8/h3-6,10H,13H2,1-2H3,(H,14,15)(H,16,17). The van der Waals surface area contributed by atoms with E-state index in [1.54, 1.807) is 6.33 Å². The molecule has 5 nitrogen and oxygen atoms in total. The Hall–Kier alpha value is -1.88. The fourth-order valence-electron chi connectivity index (χ4n) is 1.82. The average Bonchev–Trinajstić information content (AvgIpc) is 2.74. The van der Waals surface area contributed by atoms with Crippen LogP contribution in [0.3, 0.4) is 0 Å². The number of aromatic nitrogens is 2. The van der Waals surface area contributed by atoms with E-state index >= 15 is 0 Å². The number of H-pyrrole nitrogens is 1. The molecule has 0 aliphatic heterocycles. The van der Waals surface area contributed by atoms with Crippen molar-refractivity contribution in [3.05, 3.63) is 30.1 Å². The molecule has 1 heterocycles. The summed E-state index contributed by atoms with van der Waals surface area (Å²) in [4.78, 5) is 18.1. The van der Waals surface area contributed by atoms with E-state index in [1.165, 1.54) is 0 Å². The van der Waals surface area contributed by atoms with Gasteiger partial charge in [-0.15, -0.1) is 0 Å². The average molecular weight is 233 g/mol. The van der Waals surface area contributed by atoms with Gasteiger partial charge in [0.05, 0.1) is 17.4 Å². The van der Waals surface area contributed by atoms with Crippen LogP contribution in [0.5, 0.6) is 0 Å². The summed E-state index contributed by atoms with van der Waals surface area (Å²) in [6, 6.07) is 4.68. The van der Waals surface area contributed by atoms with Crippen LogP contribution in [-0.4, -0.2) is 27.1 Å². The molecule has 2 rings (SSSR count). The molecule has 0 aliphatic carbocycles. The Bertz CT molecular complexity index is 560. The van der Waals surface area contributed by atoms with Gasteiger partial charge in [0.25, 0.3) is 0 Å². The van der Waals surface area contributed by atoms with Crippen LogP contribution in [0, 0.1) is 0 Å². The number of nitrogens with two attached hydrogens (primary N) is 1. The number of carboxylic acids is 1. The van der Waals surface area contributed by atoms with Crippen LogP contribution in [0.1, 0.15) is 19.4 Å². The molecular formula is C12H15N3O2. The largest absolute Gasteiger partial charge is 0.480 e. The highest BCUT2D eigenvalue weighted by atomic mass is 16.4. The quantitative estimate of drug-likeness (QED) is 0.744. The summed E-state index contributed by atoms with van der Waals surface area (Å²) in [6.07, 6.45) is 1.61. The molecule has 0 amide bonds. The summed E-state index contributed by atoms with van der Waals surface area (Å²) >= 11 is 0. The van der Waals surface area contributed by atoms with Crippen LogP contribution >= 0.6 is 0 Å². The smallest absolute Gasteiger partial charge is 0.321 e. The molecule has 0 spiro atoms. The lowest BCUT2D eigenvalue weighted by molar-refractivity contribution is -0.140. The molecule has 4 N–H and O–H groups in total. The minimum Gasteiger partial charge on any atom is -0.480 e. The summed E-state index contributed by atoms with van der Waals surface area (Å²) in [5.41, 5.74) is 7.70. The Morgan fingerprint density at radius 1 is 1.53 bits per heavy atom. The zero-order valence-corrected chi connectivity index (χ0v) is 9.77. The van der Waals surface area contributed by atoms with Crippen molar-refractivity contribution >= 4 is 17.0 Å². The van der Waals surface area contributed by atoms with Gasteiger partial charge in [-0.3, -0.25) is 4.79 Å². The number of hydrogen-bond acceptors (Lipinski definition) is 3. The second-order valence-electron chi connectivity index (χ2n) is 4.67. The molecule has 0 radical (unpaired) electrons. The highest BCUT2D eigenvalue weighted by Gasteiger charge is 2.33. The van der Waals surface area contributed by atoms with Crippen LogP contribution in [0.4, 0.5) is 0 Å². The zero-order valence-electron chi connectivity index (χ0n) is 9.77. The molecule has 0 bridgehead atoms. The Morgan fingerprint density at radius 2 is 2.24 bits per heavy atom. The van der Waals surface area contributed by atoms with Crippen LogP contribution in [-0.2, 0) is 10.2 Å². The minimum absolute atomic E-state index is 0.634. The zero-order chi connectivity index (χ0) is 12.6. The second kappa shape index (κ2) is 3.85. The number of aromatic amines is 1. The number of hydrogen-bond donors (Lipinski definition) is 3. The highest BCUT2D eigenvalue weighted by Crippen LogP contribution is 2.28. The maximum Gasteiger partial charge on any atom is 0.321 e. The molecule has 2 aromatic rings. The van der Waals surface area contributed by atoms with Gasteiger partial charge in [-0.25, -0.2) is 4.98 Å². The Balaban J connectivity index is 2.47. The molecule has 90 valence electrons. The van der Waals surface area contributed by atoms with Gasteiger partial charge in [-0.1, -0.05) is 19.9 Å². The molecule has 0 aliphatic rings. The van der Waals surface area contributed by atoms with E-state index < -0.39 is 17.4 Å². The van der Waals surface area contributed by atoms with Gasteiger partial charge in [0.15, 0.2) is 0 Å². The van der Waals surface area contributed by atoms with Crippen molar-refractivity contribution in [2.24, 2.45) is 5.73 Å². The third-order valence-corrected chi connectivity index (χ3v) is 3.21. The second-order valence-corrected chi connectivity index (χ2v) is 4.67. The number of aliphatic carboxylic acids is 1. The first kappa shape index (κ1) is 11.6. The number of carboxylic acid groups (broad SMARTS) is 1. The Kier molecular flexibility index (Phi) is 2.63. The SMILES string of the molecule is CC(C)(c1ccc2nc[nH]c2c1)C(N)C(=O)O. The van der Waals surface area contributed by atoms with E-state index in [4.69, 9.17) is 10.8 Å². The number of fused-ring (bicyclic) bond motifs is 1. The van der Waals surface area contributed by atoms with Gasteiger partial charge < -0.3 is 15.8 Å². The van der Waals surface area contributed by atoms with E-state index in [1.807, 2.05) is 32.0 Å². The van der Waals surface area contributed by atoms with Crippen molar-refractivity contribution in [1.82, 2.24) is 9.97 Å². The first-order chi connectivity index (χ1) is 7.93. The predicted molar refractivity (Wildman–Crippen MR) is 64.7 cm³/mol. The van der Waals surface area contributed by atoms with E-state index in [0.29, 0.717) is 0 Å². The lowest BCUT2D eigenvalue weighted by Gasteiger charge is -2.29. The fourth-order valence-corrected chi connectivity index (χ4v) is 1.82. The predicted octanol–water partition coefficient (Wildman–Crippen LogP) is 1.25. The maximum absolute atomic E-state index is 11.0.